The number of hydrogen-bond donors (Lipinski definition) is 2. The van der Waals surface area contributed by atoms with Crippen LogP contribution in [0.4, 0.5) is 23.7 Å². The van der Waals surface area contributed by atoms with E-state index < -0.39 is 48.0 Å². The average molecular weight is 380 g/mol. The molecule has 27 heavy (non-hydrogen) atoms. The number of carbonyl (C=O) groups excluding carboxylic acids is 2. The average Bonchev–Trinajstić information content (AvgIpc) is 2.62. The van der Waals surface area contributed by atoms with E-state index in [1.54, 1.807) is 0 Å². The van der Waals surface area contributed by atoms with Crippen molar-refractivity contribution < 1.29 is 25.5 Å². The molecule has 0 saturated carbocycles. The molecule has 0 spiro atoms. The molecule has 0 fully saturated rings. The lowest BCUT2D eigenvalue weighted by atomic mass is 10.0. The normalized spacial score (nSPS) is 18.8. The number of pyridine rings is 1. The topological polar surface area (TPSA) is 74.3 Å². The van der Waals surface area contributed by atoms with Gasteiger partial charge in [0.2, 0.25) is 5.91 Å². The molecule has 1 aromatic heterocycles. The fourth-order valence-electron chi connectivity index (χ4n) is 2.78. The molecule has 6 nitrogen and oxygen atoms in total. The third-order valence-electron chi connectivity index (χ3n) is 4.13. The Kier molecular flexibility index (Phi) is 4.33. The maximum absolute atomic E-state index is 13.9. The molecule has 0 bridgehead atoms. The molecule has 2 N–H and O–H groups in total. The molecular formula is C18H17F3N4O2. The van der Waals surface area contributed by atoms with Crippen LogP contribution in [0.3, 0.4) is 0 Å². The highest BCUT2D eigenvalue weighted by molar-refractivity contribution is 5.95. The summed E-state index contributed by atoms with van der Waals surface area (Å²) >= 11 is 0. The lowest BCUT2D eigenvalue weighted by Crippen LogP contribution is -2.47. The first-order chi connectivity index (χ1) is 13.5. The number of aromatic nitrogens is 1. The van der Waals surface area contributed by atoms with Gasteiger partial charge in [-0.25, -0.2) is 18.0 Å². The van der Waals surface area contributed by atoms with Gasteiger partial charge in [0.05, 0.1) is 26.7 Å². The van der Waals surface area contributed by atoms with E-state index in [9.17, 15) is 22.8 Å². The highest BCUT2D eigenvalue weighted by Crippen LogP contribution is 2.32. The quantitative estimate of drug-likeness (QED) is 0.855. The van der Waals surface area contributed by atoms with Crippen LogP contribution in [0, 0.1) is 17.5 Å². The Balaban J connectivity index is 1.85. The molecule has 0 radical (unpaired) electrons. The lowest BCUT2D eigenvalue weighted by molar-refractivity contribution is -0.122. The number of fused-ring (bicyclic) bond motifs is 1. The first-order valence-corrected chi connectivity index (χ1v) is 8.04. The van der Waals surface area contributed by atoms with Crippen LogP contribution in [0.15, 0.2) is 30.5 Å². The molecule has 3 rings (SSSR count). The molecule has 142 valence electrons. The molecule has 0 unspecified atom stereocenters. The van der Waals surface area contributed by atoms with Gasteiger partial charge in [0.25, 0.3) is 0 Å². The Hall–Kier alpha value is -3.10. The maximum atomic E-state index is 13.9. The maximum Gasteiger partial charge on any atom is 0.322 e. The lowest BCUT2D eigenvalue weighted by Gasteiger charge is -2.35. The summed E-state index contributed by atoms with van der Waals surface area (Å²) in [6.45, 7) is -0.0767. The number of rotatable bonds is 4. The SMILES string of the molecule is [2H]C([2H])(C(=O)N[C@@H](C)c1ncc(F)cc1F)N1C(=O)Nc2ccc(F)cc2[C@@H]1C. The van der Waals surface area contributed by atoms with E-state index >= 15 is 0 Å². The van der Waals surface area contributed by atoms with E-state index in [1.807, 2.05) is 0 Å². The van der Waals surface area contributed by atoms with E-state index in [-0.39, 0.29) is 5.69 Å². The first kappa shape index (κ1) is 16.1. The molecule has 0 saturated heterocycles. The van der Waals surface area contributed by atoms with Crippen molar-refractivity contribution in [3.63, 3.8) is 0 Å². The van der Waals surface area contributed by atoms with Crippen molar-refractivity contribution >= 4 is 17.6 Å². The van der Waals surface area contributed by atoms with Gasteiger partial charge in [-0.3, -0.25) is 9.78 Å². The molecule has 2 atom stereocenters. The minimum atomic E-state index is -2.86. The standard InChI is InChI=1S/C18H17F3N4O2/c1-9(17-14(21)6-12(20)7-22-17)23-16(26)8-25-10(2)13-5-11(19)3-4-15(13)24-18(25)27/h3-7,9-10H,8H2,1-2H3,(H,23,26)(H,24,27)/t9-,10-/m0/s1/i8D2. The van der Waals surface area contributed by atoms with Crippen molar-refractivity contribution in [1.29, 1.82) is 0 Å². The van der Waals surface area contributed by atoms with E-state index in [0.29, 0.717) is 22.2 Å². The van der Waals surface area contributed by atoms with Gasteiger partial charge in [0.15, 0.2) is 0 Å². The predicted octanol–water partition coefficient (Wildman–Crippen LogP) is 3.28. The zero-order chi connectivity index (χ0) is 21.5. The molecule has 1 aliphatic heterocycles. The molecule has 3 amide bonds. The second-order valence-corrected chi connectivity index (χ2v) is 6.04. The summed E-state index contributed by atoms with van der Waals surface area (Å²) in [4.78, 5) is 29.2. The third kappa shape index (κ3) is 3.86. The summed E-state index contributed by atoms with van der Waals surface area (Å²) in [7, 11) is 0. The molecule has 9 heteroatoms. The highest BCUT2D eigenvalue weighted by Gasteiger charge is 2.31. The van der Waals surface area contributed by atoms with Crippen molar-refractivity contribution in [3.05, 3.63) is 59.2 Å². The number of amides is 3. The Bertz CT molecular complexity index is 990. The van der Waals surface area contributed by atoms with Crippen molar-refractivity contribution in [3.8, 4) is 0 Å². The molecule has 2 heterocycles. The van der Waals surface area contributed by atoms with Crippen molar-refractivity contribution in [2.24, 2.45) is 0 Å². The van der Waals surface area contributed by atoms with Crippen LogP contribution in [0.5, 0.6) is 0 Å². The van der Waals surface area contributed by atoms with Gasteiger partial charge in [0.1, 0.15) is 23.9 Å². The monoisotopic (exact) mass is 380 g/mol. The van der Waals surface area contributed by atoms with Crippen molar-refractivity contribution in [2.75, 3.05) is 11.8 Å². The predicted molar refractivity (Wildman–Crippen MR) is 91.3 cm³/mol. The summed E-state index contributed by atoms with van der Waals surface area (Å²) < 4.78 is 56.8. The van der Waals surface area contributed by atoms with Crippen LogP contribution in [0.25, 0.3) is 0 Å². The number of nitrogens with zero attached hydrogens (tertiary/aromatic N) is 2. The van der Waals surface area contributed by atoms with E-state index in [4.69, 9.17) is 2.74 Å². The number of hydrogen-bond acceptors (Lipinski definition) is 3. The van der Waals surface area contributed by atoms with E-state index in [2.05, 4.69) is 15.6 Å². The largest absolute Gasteiger partial charge is 0.346 e. The first-order valence-electron chi connectivity index (χ1n) is 9.04. The van der Waals surface area contributed by atoms with Crippen LogP contribution in [0.2, 0.25) is 0 Å². The summed E-state index contributed by atoms with van der Waals surface area (Å²) in [5.41, 5.74) is 0.307. The second-order valence-electron chi connectivity index (χ2n) is 6.04. The molecule has 0 aliphatic carbocycles. The fourth-order valence-corrected chi connectivity index (χ4v) is 2.78. The molecular weight excluding hydrogens is 361 g/mol. The van der Waals surface area contributed by atoms with Gasteiger partial charge in [-0.05, 0) is 32.0 Å². The highest BCUT2D eigenvalue weighted by atomic mass is 19.1. The fraction of sp³-hybridized carbons (Fsp3) is 0.278. The van der Waals surface area contributed by atoms with Gasteiger partial charge in [0, 0.05) is 17.3 Å². The van der Waals surface area contributed by atoms with E-state index in [0.717, 1.165) is 18.3 Å². The number of anilines is 1. The van der Waals surface area contributed by atoms with E-state index in [1.165, 1.54) is 19.9 Å². The summed E-state index contributed by atoms with van der Waals surface area (Å²) in [5.74, 6) is -3.72. The minimum Gasteiger partial charge on any atom is -0.346 e. The van der Waals surface area contributed by atoms with Crippen LogP contribution in [-0.2, 0) is 4.79 Å². The number of benzene rings is 1. The summed E-state index contributed by atoms with van der Waals surface area (Å²) in [5, 5.41) is 4.65. The number of urea groups is 1. The van der Waals surface area contributed by atoms with Gasteiger partial charge in [-0.1, -0.05) is 0 Å². The third-order valence-corrected chi connectivity index (χ3v) is 4.13. The van der Waals surface area contributed by atoms with Crippen LogP contribution in [0.1, 0.15) is 39.9 Å². The summed E-state index contributed by atoms with van der Waals surface area (Å²) in [6.07, 6.45) is 0.765. The van der Waals surface area contributed by atoms with Gasteiger partial charge < -0.3 is 15.5 Å². The second kappa shape index (κ2) is 7.26. The van der Waals surface area contributed by atoms with Gasteiger partial charge in [-0.2, -0.15) is 0 Å². The summed E-state index contributed by atoms with van der Waals surface area (Å²) in [6, 6.07) is 1.26. The van der Waals surface area contributed by atoms with Crippen molar-refractivity contribution in [1.82, 2.24) is 15.2 Å². The Morgan fingerprint density at radius 1 is 1.37 bits per heavy atom. The Morgan fingerprint density at radius 3 is 2.81 bits per heavy atom. The van der Waals surface area contributed by atoms with Gasteiger partial charge in [-0.15, -0.1) is 0 Å². The van der Waals surface area contributed by atoms with Crippen LogP contribution < -0.4 is 10.6 Å². The molecule has 2 aromatic rings. The zero-order valence-electron chi connectivity index (χ0n) is 16.4. The van der Waals surface area contributed by atoms with Crippen LogP contribution >= 0.6 is 0 Å². The minimum absolute atomic E-state index is 0.292. The Morgan fingerprint density at radius 2 is 2.11 bits per heavy atom. The number of halogens is 3. The zero-order valence-corrected chi connectivity index (χ0v) is 14.4. The smallest absolute Gasteiger partial charge is 0.322 e. The van der Waals surface area contributed by atoms with Crippen molar-refractivity contribution in [2.45, 2.75) is 25.9 Å². The number of carbonyl (C=O) groups is 2. The van der Waals surface area contributed by atoms with Crippen LogP contribution in [-0.4, -0.2) is 28.3 Å². The number of nitrogens with one attached hydrogen (secondary N) is 2. The molecule has 1 aliphatic rings. The molecule has 1 aromatic carbocycles. The van der Waals surface area contributed by atoms with Gasteiger partial charge >= 0.3 is 6.03 Å². The Labute approximate surface area is 156 Å².